The number of aliphatic hydroxyl groups excluding tert-OH is 2. The van der Waals surface area contributed by atoms with Crippen LogP contribution in [0.5, 0.6) is 0 Å². The Labute approximate surface area is 418 Å². The average molecular weight is 990 g/mol. The number of methoxy groups -OCH3 is 7. The van der Waals surface area contributed by atoms with Gasteiger partial charge in [0.1, 0.15) is 30.2 Å². The van der Waals surface area contributed by atoms with Crippen LogP contribution in [0.3, 0.4) is 0 Å². The summed E-state index contributed by atoms with van der Waals surface area (Å²) in [6, 6.07) is 0. The molecular weight excluding hydrogens is 903 g/mol. The molecule has 17 atom stereocenters. The first-order valence-corrected chi connectivity index (χ1v) is 24.5. The number of aliphatic hydroxyl groups is 2. The Morgan fingerprint density at radius 3 is 2.03 bits per heavy atom. The number of hydrogen-bond acceptors (Lipinski definition) is 15. The highest BCUT2D eigenvalue weighted by molar-refractivity contribution is 5.84. The van der Waals surface area contributed by atoms with Gasteiger partial charge >= 0.3 is 11.9 Å². The van der Waals surface area contributed by atoms with E-state index in [4.69, 9.17) is 42.6 Å². The summed E-state index contributed by atoms with van der Waals surface area (Å²) in [5, 5.41) is 23.2. The number of nitrogens with zero attached hydrogens (tertiary/aromatic N) is 1. The number of carbonyl (C=O) groups is 4. The van der Waals surface area contributed by atoms with Crippen molar-refractivity contribution in [3.8, 4) is 0 Å². The molecule has 2 aliphatic rings. The van der Waals surface area contributed by atoms with Crippen LogP contribution in [0.15, 0.2) is 72.0 Å². The fourth-order valence-electron chi connectivity index (χ4n) is 9.43. The van der Waals surface area contributed by atoms with Crippen molar-refractivity contribution in [1.82, 2.24) is 4.90 Å². The molecule has 0 unspecified atom stereocenters. The van der Waals surface area contributed by atoms with Gasteiger partial charge in [0.25, 0.3) is 0 Å². The molecule has 0 aromatic heterocycles. The number of rotatable bonds is 19. The monoisotopic (exact) mass is 990 g/mol. The van der Waals surface area contributed by atoms with Crippen molar-refractivity contribution in [3.05, 3.63) is 72.0 Å². The van der Waals surface area contributed by atoms with Crippen LogP contribution >= 0.6 is 0 Å². The summed E-state index contributed by atoms with van der Waals surface area (Å²) in [6.45, 7) is 13.4. The van der Waals surface area contributed by atoms with Gasteiger partial charge in [-0.2, -0.15) is 0 Å². The third-order valence-electron chi connectivity index (χ3n) is 14.1. The van der Waals surface area contributed by atoms with E-state index in [1.165, 1.54) is 31.3 Å². The lowest BCUT2D eigenvalue weighted by Gasteiger charge is -2.39. The highest BCUT2D eigenvalue weighted by Crippen LogP contribution is 2.34. The second-order valence-electron chi connectivity index (χ2n) is 19.1. The van der Waals surface area contributed by atoms with E-state index < -0.39 is 84.8 Å². The van der Waals surface area contributed by atoms with Crippen molar-refractivity contribution in [2.75, 3.05) is 56.8 Å². The van der Waals surface area contributed by atoms with Crippen LogP contribution in [-0.2, 0) is 61.8 Å². The third-order valence-corrected chi connectivity index (χ3v) is 14.1. The molecule has 0 aromatic rings. The lowest BCUT2D eigenvalue weighted by atomic mass is 9.81. The molecule has 70 heavy (non-hydrogen) atoms. The minimum atomic E-state index is -1.24. The lowest BCUT2D eigenvalue weighted by molar-refractivity contribution is -0.162. The molecule has 2 heterocycles. The summed E-state index contributed by atoms with van der Waals surface area (Å²) in [4.78, 5) is 52.7. The minimum absolute atomic E-state index is 0.0438. The molecule has 2 rings (SSSR count). The van der Waals surface area contributed by atoms with E-state index in [9.17, 15) is 29.4 Å². The van der Waals surface area contributed by atoms with Crippen molar-refractivity contribution in [2.45, 2.75) is 154 Å². The normalized spacial score (nSPS) is 33.5. The number of allylic oxidation sites excluding steroid dienone is 2. The van der Waals surface area contributed by atoms with Crippen LogP contribution in [0.2, 0.25) is 0 Å². The summed E-state index contributed by atoms with van der Waals surface area (Å²) in [5.41, 5.74) is 1.12. The number of cyclic esters (lactones) is 1. The van der Waals surface area contributed by atoms with E-state index >= 15 is 0 Å². The van der Waals surface area contributed by atoms with Gasteiger partial charge in [-0.25, -0.2) is 9.59 Å². The first-order valence-electron chi connectivity index (χ1n) is 24.5. The number of amides is 1. The van der Waals surface area contributed by atoms with Crippen molar-refractivity contribution < 1.29 is 72.0 Å². The number of hydrogen-bond donors (Lipinski definition) is 2. The number of ether oxygens (including phenoxy) is 9. The second-order valence-corrected chi connectivity index (χ2v) is 19.1. The largest absolute Gasteiger partial charge is 0.458 e. The highest BCUT2D eigenvalue weighted by atomic mass is 16.6. The molecule has 0 saturated heterocycles. The number of fused-ring (bicyclic) bond motifs is 2. The summed E-state index contributed by atoms with van der Waals surface area (Å²) in [6.07, 6.45) is 12.5. The Kier molecular flexibility index (Phi) is 28.7. The predicted octanol–water partition coefficient (Wildman–Crippen LogP) is 6.53. The van der Waals surface area contributed by atoms with Gasteiger partial charge in [0, 0.05) is 130 Å². The average Bonchev–Trinajstić information content (AvgIpc) is 3.34. The van der Waals surface area contributed by atoms with Crippen LogP contribution < -0.4 is 0 Å². The van der Waals surface area contributed by atoms with Gasteiger partial charge < -0.3 is 57.7 Å². The van der Waals surface area contributed by atoms with Crippen LogP contribution in [0.1, 0.15) is 87.0 Å². The van der Waals surface area contributed by atoms with Crippen LogP contribution in [0.4, 0.5) is 0 Å². The summed E-state index contributed by atoms with van der Waals surface area (Å²) in [7, 11) is 12.5. The van der Waals surface area contributed by atoms with Gasteiger partial charge in [-0.1, -0.05) is 89.6 Å². The fraction of sp³-hybridized carbons (Fsp3) is 0.704. The Morgan fingerprint density at radius 1 is 0.829 bits per heavy atom. The number of ketones is 1. The molecule has 2 N–H and O–H groups in total. The zero-order valence-electron chi connectivity index (χ0n) is 44.6. The lowest BCUT2D eigenvalue weighted by Crippen LogP contribution is -2.50. The SMILES string of the molecule is CO[C@@H]([C@@H](C)[C@H]1OC(=O)/C=C/C=C(\C)C[C@@H](OC)[C@@H](OC)C2=CC(=O)O[C@H]([C@@H](C)[C@H](OC)C[C@@H](OC)/C=C/[C@H](C)[C@@H](O)C[C@@H](OC)/C=C/[C@@H]1C)[C@H]2O)[C@H](C)CCC(=O)[C@H](C)[C@H](C/C=C/N(C)C=O)OC. The third kappa shape index (κ3) is 19.3. The molecule has 16 heteroatoms. The predicted molar refractivity (Wildman–Crippen MR) is 267 cm³/mol. The summed E-state index contributed by atoms with van der Waals surface area (Å²) in [5.74, 6) is -3.15. The zero-order valence-corrected chi connectivity index (χ0v) is 44.6. The van der Waals surface area contributed by atoms with Crippen molar-refractivity contribution in [1.29, 1.82) is 0 Å². The minimum Gasteiger partial charge on any atom is -0.458 e. The molecule has 0 saturated carbocycles. The molecule has 0 aromatic carbocycles. The quantitative estimate of drug-likeness (QED) is 0.0805. The Hall–Kier alpha value is -3.84. The van der Waals surface area contributed by atoms with Gasteiger partial charge in [-0.15, -0.1) is 0 Å². The summed E-state index contributed by atoms with van der Waals surface area (Å²) < 4.78 is 53.1. The second kappa shape index (κ2) is 32.3. The Morgan fingerprint density at radius 2 is 1.46 bits per heavy atom. The molecule has 0 spiro atoms. The van der Waals surface area contributed by atoms with Crippen LogP contribution in [0.25, 0.3) is 0 Å². The number of carbonyl (C=O) groups excluding carboxylic acids is 4. The Bertz CT molecular complexity index is 1780. The first kappa shape index (κ1) is 62.3. The van der Waals surface area contributed by atoms with E-state index in [0.717, 1.165) is 5.57 Å². The first-order chi connectivity index (χ1) is 33.2. The standard InChI is InChI=1S/C54H87NO15/c1-33-18-16-20-48(59)69-52(39(7)51(67-14)35(3)23-26-43(57)37(5)45(64-11)19-17-27-55(8)32-56)36(4)22-25-40(62-9)29-44(58)34(2)21-24-41(63-10)30-46(65-12)38(6)53-50(61)42(31-49(60)70-53)54(68-15)47(28-33)66-13/h16-18,20-22,24-25,27,31-32,34-41,44-47,50-54,58,61H,19,23,26,28-30H2,1-15H3/b20-16+,24-21+,25-22+,27-17+,33-18+/t34-,35+,36-,37-,38-,39+,40-,41-,44-,45-,46+,47+,50-,51+,52-,53+,54-/m0/s1. The van der Waals surface area contributed by atoms with Gasteiger partial charge in [-0.3, -0.25) is 9.59 Å². The maximum absolute atomic E-state index is 13.7. The molecule has 16 nitrogen and oxygen atoms in total. The van der Waals surface area contributed by atoms with E-state index in [2.05, 4.69) is 0 Å². The van der Waals surface area contributed by atoms with Crippen molar-refractivity contribution in [3.63, 3.8) is 0 Å². The highest BCUT2D eigenvalue weighted by Gasteiger charge is 2.43. The summed E-state index contributed by atoms with van der Waals surface area (Å²) >= 11 is 0. The number of Topliss-reactive ketones (excluding diaryl/α,β-unsaturated/α-hetero) is 1. The van der Waals surface area contributed by atoms with Gasteiger partial charge in [0.15, 0.2) is 0 Å². The smallest absolute Gasteiger partial charge is 0.331 e. The molecule has 2 aliphatic heterocycles. The van der Waals surface area contributed by atoms with E-state index in [1.54, 1.807) is 67.0 Å². The maximum atomic E-state index is 13.7. The molecule has 0 radical (unpaired) electrons. The van der Waals surface area contributed by atoms with Gasteiger partial charge in [0.05, 0.1) is 42.7 Å². The Balaban J connectivity index is 2.55. The number of esters is 2. The molecule has 0 fully saturated rings. The zero-order chi connectivity index (χ0) is 52.7. The van der Waals surface area contributed by atoms with E-state index in [1.807, 2.05) is 72.8 Å². The van der Waals surface area contributed by atoms with Crippen molar-refractivity contribution in [2.24, 2.45) is 35.5 Å². The van der Waals surface area contributed by atoms with E-state index in [-0.39, 0.29) is 48.4 Å². The molecule has 1 amide bonds. The maximum Gasteiger partial charge on any atom is 0.331 e. The van der Waals surface area contributed by atoms with Crippen LogP contribution in [-0.4, -0.2) is 163 Å². The molecule has 0 aliphatic carbocycles. The van der Waals surface area contributed by atoms with Gasteiger partial charge in [0.2, 0.25) is 6.41 Å². The fourth-order valence-corrected chi connectivity index (χ4v) is 9.43. The van der Waals surface area contributed by atoms with Gasteiger partial charge in [-0.05, 0) is 32.1 Å². The molecular formula is C54H87NO15. The van der Waals surface area contributed by atoms with Crippen LogP contribution in [0, 0.1) is 35.5 Å². The molecule has 398 valence electrons. The molecule has 2 bridgehead atoms. The topological polar surface area (TPSA) is 195 Å². The van der Waals surface area contributed by atoms with E-state index in [0.29, 0.717) is 37.7 Å². The van der Waals surface area contributed by atoms with Crippen molar-refractivity contribution >= 4 is 24.1 Å².